The number of hydrogen-bond acceptors (Lipinski definition) is 3. The van der Waals surface area contributed by atoms with Gasteiger partial charge >= 0.3 is 0 Å². The van der Waals surface area contributed by atoms with E-state index in [9.17, 15) is 0 Å². The molecule has 0 radical (unpaired) electrons. The highest BCUT2D eigenvalue weighted by molar-refractivity contribution is 5.22. The number of ether oxygens (including phenoxy) is 3. The quantitative estimate of drug-likeness (QED) is 0.533. The smallest absolute Gasteiger partial charge is 0.0701 e. The van der Waals surface area contributed by atoms with Gasteiger partial charge in [-0.15, -0.1) is 0 Å². The molecule has 136 valence electrons. The van der Waals surface area contributed by atoms with Crippen molar-refractivity contribution in [2.75, 3.05) is 39.6 Å². The van der Waals surface area contributed by atoms with E-state index in [0.29, 0.717) is 26.4 Å². The van der Waals surface area contributed by atoms with Gasteiger partial charge in [0, 0.05) is 6.61 Å². The zero-order valence-electron chi connectivity index (χ0n) is 16.2. The minimum Gasteiger partial charge on any atom is -0.379 e. The molecule has 3 heteroatoms. The van der Waals surface area contributed by atoms with Crippen molar-refractivity contribution in [2.24, 2.45) is 0 Å². The van der Waals surface area contributed by atoms with Crippen LogP contribution in [0.1, 0.15) is 52.2 Å². The summed E-state index contributed by atoms with van der Waals surface area (Å²) in [6, 6.07) is 8.53. The molecule has 0 aliphatic heterocycles. The maximum atomic E-state index is 5.54. The topological polar surface area (TPSA) is 27.7 Å². The number of rotatable bonds is 11. The second-order valence-electron chi connectivity index (χ2n) is 4.58. The Morgan fingerprint density at radius 1 is 0.739 bits per heavy atom. The van der Waals surface area contributed by atoms with Crippen LogP contribution in [0.5, 0.6) is 0 Å². The lowest BCUT2D eigenvalue weighted by Crippen LogP contribution is -2.10. The summed E-state index contributed by atoms with van der Waals surface area (Å²) in [5, 5.41) is 0. The zero-order chi connectivity index (χ0) is 17.8. The monoisotopic (exact) mass is 326 g/mol. The molecule has 0 aliphatic carbocycles. The summed E-state index contributed by atoms with van der Waals surface area (Å²) in [5.74, 6) is 0. The van der Waals surface area contributed by atoms with Crippen LogP contribution in [0.3, 0.4) is 0 Å². The zero-order valence-corrected chi connectivity index (χ0v) is 16.2. The molecule has 0 aliphatic rings. The maximum absolute atomic E-state index is 5.54. The molecule has 1 aromatic rings. The molecule has 0 fully saturated rings. The minimum absolute atomic E-state index is 0.642. The summed E-state index contributed by atoms with van der Waals surface area (Å²) < 4.78 is 16.3. The minimum atomic E-state index is 0.642. The van der Waals surface area contributed by atoms with E-state index in [0.717, 1.165) is 26.1 Å². The molecule has 23 heavy (non-hydrogen) atoms. The fourth-order valence-electron chi connectivity index (χ4n) is 1.74. The van der Waals surface area contributed by atoms with Crippen LogP contribution >= 0.6 is 0 Å². The van der Waals surface area contributed by atoms with E-state index in [4.69, 9.17) is 14.2 Å². The lowest BCUT2D eigenvalue weighted by Gasteiger charge is -2.07. The lowest BCUT2D eigenvalue weighted by atomic mass is 10.1. The van der Waals surface area contributed by atoms with Crippen LogP contribution in [0.4, 0.5) is 0 Å². The van der Waals surface area contributed by atoms with E-state index in [1.165, 1.54) is 11.1 Å². The second kappa shape index (κ2) is 21.1. The SMILES string of the molecule is CC.CC.CCCOCCOCCOCCc1cccc(C)c1. The summed E-state index contributed by atoms with van der Waals surface area (Å²) in [7, 11) is 0. The first-order valence-electron chi connectivity index (χ1n) is 9.11. The molecule has 0 atom stereocenters. The Bertz CT molecular complexity index is 326. The summed E-state index contributed by atoms with van der Waals surface area (Å²) in [5.41, 5.74) is 2.63. The predicted octanol–water partition coefficient (Wildman–Crippen LogP) is 5.05. The third-order valence-corrected chi connectivity index (χ3v) is 2.71. The van der Waals surface area contributed by atoms with Gasteiger partial charge in [0.15, 0.2) is 0 Å². The van der Waals surface area contributed by atoms with Crippen LogP contribution < -0.4 is 0 Å². The molecule has 0 bridgehead atoms. The average Bonchev–Trinajstić information content (AvgIpc) is 2.60. The van der Waals surface area contributed by atoms with E-state index >= 15 is 0 Å². The molecule has 0 amide bonds. The molecule has 0 heterocycles. The van der Waals surface area contributed by atoms with Crippen LogP contribution in [0, 0.1) is 6.92 Å². The normalized spacial score (nSPS) is 9.48. The van der Waals surface area contributed by atoms with Crippen LogP contribution in [0.25, 0.3) is 0 Å². The van der Waals surface area contributed by atoms with E-state index in [1.54, 1.807) is 0 Å². The van der Waals surface area contributed by atoms with Crippen molar-refractivity contribution >= 4 is 0 Å². The first kappa shape index (κ1) is 24.4. The lowest BCUT2D eigenvalue weighted by molar-refractivity contribution is 0.0152. The maximum Gasteiger partial charge on any atom is 0.0701 e. The van der Waals surface area contributed by atoms with Gasteiger partial charge in [-0.25, -0.2) is 0 Å². The van der Waals surface area contributed by atoms with Gasteiger partial charge in [0.2, 0.25) is 0 Å². The van der Waals surface area contributed by atoms with Crippen LogP contribution in [0.15, 0.2) is 24.3 Å². The van der Waals surface area contributed by atoms with E-state index in [-0.39, 0.29) is 0 Å². The highest BCUT2D eigenvalue weighted by atomic mass is 16.5. The number of aryl methyl sites for hydroxylation is 1. The molecule has 3 nitrogen and oxygen atoms in total. The van der Waals surface area contributed by atoms with Crippen molar-refractivity contribution in [1.29, 1.82) is 0 Å². The van der Waals surface area contributed by atoms with E-state index in [2.05, 4.69) is 38.1 Å². The van der Waals surface area contributed by atoms with Gasteiger partial charge in [-0.3, -0.25) is 0 Å². The van der Waals surface area contributed by atoms with Gasteiger partial charge in [0.05, 0.1) is 33.0 Å². The highest BCUT2D eigenvalue weighted by Crippen LogP contribution is 2.04. The first-order chi connectivity index (χ1) is 11.3. The largest absolute Gasteiger partial charge is 0.379 e. The Kier molecular flexibility index (Phi) is 22.3. The van der Waals surface area contributed by atoms with Crippen LogP contribution in [-0.4, -0.2) is 39.6 Å². The Balaban J connectivity index is 0. The van der Waals surface area contributed by atoms with Gasteiger partial charge in [-0.1, -0.05) is 64.4 Å². The van der Waals surface area contributed by atoms with Crippen molar-refractivity contribution in [1.82, 2.24) is 0 Å². The Labute approximate surface area is 144 Å². The third-order valence-electron chi connectivity index (χ3n) is 2.71. The van der Waals surface area contributed by atoms with Crippen molar-refractivity contribution in [3.63, 3.8) is 0 Å². The standard InChI is InChI=1S/C16H26O3.2C2H6/c1-3-8-17-10-12-19-13-11-18-9-7-16-6-4-5-15(2)14-16;2*1-2/h4-6,14H,3,7-13H2,1-2H3;2*1-2H3. The van der Waals surface area contributed by atoms with E-state index < -0.39 is 0 Å². The third kappa shape index (κ3) is 17.3. The van der Waals surface area contributed by atoms with Crippen molar-refractivity contribution < 1.29 is 14.2 Å². The molecule has 0 aromatic heterocycles. The highest BCUT2D eigenvalue weighted by Gasteiger charge is 1.94. The summed E-state index contributed by atoms with van der Waals surface area (Å²) >= 11 is 0. The molecule has 0 N–H and O–H groups in total. The molecule has 1 aromatic carbocycles. The van der Waals surface area contributed by atoms with E-state index in [1.807, 2.05) is 27.7 Å². The van der Waals surface area contributed by atoms with Gasteiger partial charge in [-0.05, 0) is 25.3 Å². The van der Waals surface area contributed by atoms with Crippen LogP contribution in [0.2, 0.25) is 0 Å². The van der Waals surface area contributed by atoms with Crippen molar-refractivity contribution in [3.8, 4) is 0 Å². The van der Waals surface area contributed by atoms with Gasteiger partial charge < -0.3 is 14.2 Å². The summed E-state index contributed by atoms with van der Waals surface area (Å²) in [6.45, 7) is 16.4. The molecule has 0 unspecified atom stereocenters. The van der Waals surface area contributed by atoms with Gasteiger partial charge in [0.1, 0.15) is 0 Å². The summed E-state index contributed by atoms with van der Waals surface area (Å²) in [6.07, 6.45) is 2.02. The Morgan fingerprint density at radius 2 is 1.26 bits per heavy atom. The van der Waals surface area contributed by atoms with Crippen molar-refractivity contribution in [3.05, 3.63) is 35.4 Å². The Morgan fingerprint density at radius 3 is 1.78 bits per heavy atom. The second-order valence-corrected chi connectivity index (χ2v) is 4.58. The number of hydrogen-bond donors (Lipinski definition) is 0. The van der Waals surface area contributed by atoms with Crippen LogP contribution in [-0.2, 0) is 20.6 Å². The summed E-state index contributed by atoms with van der Waals surface area (Å²) in [4.78, 5) is 0. The average molecular weight is 327 g/mol. The predicted molar refractivity (Wildman–Crippen MR) is 100 cm³/mol. The van der Waals surface area contributed by atoms with Gasteiger partial charge in [-0.2, -0.15) is 0 Å². The van der Waals surface area contributed by atoms with Crippen molar-refractivity contribution in [2.45, 2.75) is 54.4 Å². The molecule has 0 spiro atoms. The first-order valence-corrected chi connectivity index (χ1v) is 9.11. The molecule has 0 saturated heterocycles. The van der Waals surface area contributed by atoms with Gasteiger partial charge in [0.25, 0.3) is 0 Å². The molecule has 1 rings (SSSR count). The molecular weight excluding hydrogens is 288 g/mol. The number of benzene rings is 1. The fraction of sp³-hybridized carbons (Fsp3) is 0.700. The molecule has 0 saturated carbocycles. The fourth-order valence-corrected chi connectivity index (χ4v) is 1.74. The molecular formula is C20H38O3. The Hall–Kier alpha value is -0.900.